The fourth-order valence-corrected chi connectivity index (χ4v) is 1.35. The maximum absolute atomic E-state index is 5.88. The van der Waals surface area contributed by atoms with E-state index < -0.39 is 0 Å². The number of hydrogen-bond acceptors (Lipinski definition) is 2. The first-order chi connectivity index (χ1) is 6.77. The molecule has 0 heterocycles. The van der Waals surface area contributed by atoms with Gasteiger partial charge < -0.3 is 9.47 Å². The molecule has 0 bridgehead atoms. The smallest absolute Gasteiger partial charge is 0.124 e. The normalized spacial score (nSPS) is 10.2. The molecule has 0 aromatic heterocycles. The highest BCUT2D eigenvalue weighted by Crippen LogP contribution is 2.23. The second kappa shape index (κ2) is 5.89. The molecule has 0 saturated heterocycles. The van der Waals surface area contributed by atoms with Gasteiger partial charge in [-0.25, -0.2) is 0 Å². The second-order valence-electron chi connectivity index (χ2n) is 2.95. The van der Waals surface area contributed by atoms with E-state index in [1.807, 2.05) is 18.2 Å². The number of methoxy groups -OCH3 is 1. The van der Waals surface area contributed by atoms with Gasteiger partial charge in [0.25, 0.3) is 0 Å². The molecule has 0 amide bonds. The van der Waals surface area contributed by atoms with Crippen LogP contribution in [0.15, 0.2) is 18.2 Å². The lowest BCUT2D eigenvalue weighted by atomic mass is 10.1. The lowest BCUT2D eigenvalue weighted by Crippen LogP contribution is -2.05. The summed E-state index contributed by atoms with van der Waals surface area (Å²) in [5, 5.41) is 0.703. The molecule has 2 nitrogen and oxygen atoms in total. The molecule has 1 rings (SSSR count). The summed E-state index contributed by atoms with van der Waals surface area (Å²) in [6, 6.07) is 5.71. The zero-order valence-corrected chi connectivity index (χ0v) is 9.30. The highest BCUT2D eigenvalue weighted by molar-refractivity contribution is 6.30. The minimum Gasteiger partial charge on any atom is -0.491 e. The molecule has 0 spiro atoms. The molecule has 3 heteroatoms. The van der Waals surface area contributed by atoms with Crippen molar-refractivity contribution in [1.82, 2.24) is 0 Å². The summed E-state index contributed by atoms with van der Waals surface area (Å²) in [5.41, 5.74) is 1.17. The lowest BCUT2D eigenvalue weighted by Gasteiger charge is -2.10. The van der Waals surface area contributed by atoms with Gasteiger partial charge in [0.1, 0.15) is 12.4 Å². The summed E-state index contributed by atoms with van der Waals surface area (Å²) >= 11 is 5.88. The molecule has 1 aromatic rings. The molecule has 0 saturated carbocycles. The van der Waals surface area contributed by atoms with Crippen molar-refractivity contribution < 1.29 is 9.47 Å². The van der Waals surface area contributed by atoms with Gasteiger partial charge in [0, 0.05) is 12.1 Å². The van der Waals surface area contributed by atoms with Crippen LogP contribution in [-0.4, -0.2) is 20.3 Å². The van der Waals surface area contributed by atoms with E-state index in [0.29, 0.717) is 18.2 Å². The number of rotatable bonds is 5. The maximum atomic E-state index is 5.88. The second-order valence-corrected chi connectivity index (χ2v) is 3.38. The number of halogens is 1. The largest absolute Gasteiger partial charge is 0.491 e. The average Bonchev–Trinajstić information content (AvgIpc) is 2.19. The Balaban J connectivity index is 2.67. The molecule has 0 N–H and O–H groups in total. The van der Waals surface area contributed by atoms with Crippen molar-refractivity contribution in [3.8, 4) is 5.75 Å². The molecule has 0 aliphatic rings. The van der Waals surface area contributed by atoms with Crippen molar-refractivity contribution in [2.45, 2.75) is 13.3 Å². The van der Waals surface area contributed by atoms with E-state index in [-0.39, 0.29) is 0 Å². The van der Waals surface area contributed by atoms with E-state index in [1.54, 1.807) is 7.11 Å². The van der Waals surface area contributed by atoms with Crippen molar-refractivity contribution in [3.63, 3.8) is 0 Å². The zero-order valence-electron chi connectivity index (χ0n) is 8.55. The van der Waals surface area contributed by atoms with Gasteiger partial charge in [-0.3, -0.25) is 0 Å². The van der Waals surface area contributed by atoms with Crippen molar-refractivity contribution in [3.05, 3.63) is 28.8 Å². The quantitative estimate of drug-likeness (QED) is 0.702. The van der Waals surface area contributed by atoms with Gasteiger partial charge in [-0.1, -0.05) is 24.6 Å². The molecule has 0 unspecified atom stereocenters. The van der Waals surface area contributed by atoms with E-state index in [2.05, 4.69) is 6.92 Å². The van der Waals surface area contributed by atoms with Crippen LogP contribution in [0, 0.1) is 0 Å². The first-order valence-corrected chi connectivity index (χ1v) is 5.06. The fourth-order valence-electron chi connectivity index (χ4n) is 1.19. The number of hydrogen-bond donors (Lipinski definition) is 0. The minimum atomic E-state index is 0.559. The van der Waals surface area contributed by atoms with Crippen molar-refractivity contribution in [2.75, 3.05) is 20.3 Å². The Bertz CT molecular complexity index is 287. The molecule has 0 radical (unpaired) electrons. The van der Waals surface area contributed by atoms with Crippen LogP contribution in [0.2, 0.25) is 5.02 Å². The van der Waals surface area contributed by atoms with Crippen molar-refractivity contribution in [2.24, 2.45) is 0 Å². The Kier molecular flexibility index (Phi) is 4.77. The Morgan fingerprint density at radius 3 is 2.71 bits per heavy atom. The van der Waals surface area contributed by atoms with E-state index >= 15 is 0 Å². The van der Waals surface area contributed by atoms with E-state index in [4.69, 9.17) is 21.1 Å². The molecule has 78 valence electrons. The number of benzene rings is 1. The standard InChI is InChI=1S/C11H15ClO2/c1-3-9-4-5-10(12)8-11(9)14-7-6-13-2/h4-5,8H,3,6-7H2,1-2H3. The Morgan fingerprint density at radius 2 is 2.07 bits per heavy atom. The van der Waals surface area contributed by atoms with Crippen LogP contribution < -0.4 is 4.74 Å². The van der Waals surface area contributed by atoms with Crippen LogP contribution in [-0.2, 0) is 11.2 Å². The van der Waals surface area contributed by atoms with Crippen LogP contribution in [0.5, 0.6) is 5.75 Å². The predicted octanol–water partition coefficient (Wildman–Crippen LogP) is 2.93. The summed E-state index contributed by atoms with van der Waals surface area (Å²) in [5.74, 6) is 0.858. The van der Waals surface area contributed by atoms with Crippen LogP contribution in [0.3, 0.4) is 0 Å². The first-order valence-electron chi connectivity index (χ1n) is 4.68. The van der Waals surface area contributed by atoms with Crippen molar-refractivity contribution >= 4 is 11.6 Å². The van der Waals surface area contributed by atoms with E-state index in [0.717, 1.165) is 12.2 Å². The van der Waals surface area contributed by atoms with Gasteiger partial charge in [0.05, 0.1) is 6.61 Å². The molecule has 0 aliphatic carbocycles. The molecular formula is C11H15ClO2. The van der Waals surface area contributed by atoms with Gasteiger partial charge in [0.15, 0.2) is 0 Å². The van der Waals surface area contributed by atoms with E-state index in [1.165, 1.54) is 5.56 Å². The fraction of sp³-hybridized carbons (Fsp3) is 0.455. The first kappa shape index (κ1) is 11.3. The van der Waals surface area contributed by atoms with Crippen LogP contribution in [0.1, 0.15) is 12.5 Å². The summed E-state index contributed by atoms with van der Waals surface area (Å²) in [6.45, 7) is 3.24. The number of ether oxygens (including phenoxy) is 2. The topological polar surface area (TPSA) is 18.5 Å². The number of aryl methyl sites for hydroxylation is 1. The van der Waals surface area contributed by atoms with Gasteiger partial charge >= 0.3 is 0 Å². The highest BCUT2D eigenvalue weighted by atomic mass is 35.5. The molecule has 0 atom stereocenters. The molecule has 14 heavy (non-hydrogen) atoms. The average molecular weight is 215 g/mol. The Morgan fingerprint density at radius 1 is 1.29 bits per heavy atom. The van der Waals surface area contributed by atoms with Gasteiger partial charge in [0.2, 0.25) is 0 Å². The van der Waals surface area contributed by atoms with Crippen LogP contribution in [0.4, 0.5) is 0 Å². The van der Waals surface area contributed by atoms with Crippen LogP contribution in [0.25, 0.3) is 0 Å². The van der Waals surface area contributed by atoms with Gasteiger partial charge in [-0.05, 0) is 24.1 Å². The highest BCUT2D eigenvalue weighted by Gasteiger charge is 2.02. The maximum Gasteiger partial charge on any atom is 0.124 e. The Hall–Kier alpha value is -0.730. The third kappa shape index (κ3) is 3.20. The summed E-state index contributed by atoms with van der Waals surface area (Å²) in [6.07, 6.45) is 0.944. The molecule has 0 fully saturated rings. The monoisotopic (exact) mass is 214 g/mol. The zero-order chi connectivity index (χ0) is 10.4. The summed E-state index contributed by atoms with van der Waals surface area (Å²) < 4.78 is 10.4. The van der Waals surface area contributed by atoms with Gasteiger partial charge in [-0.15, -0.1) is 0 Å². The summed E-state index contributed by atoms with van der Waals surface area (Å²) in [7, 11) is 1.65. The predicted molar refractivity (Wildman–Crippen MR) is 58.2 cm³/mol. The molecular weight excluding hydrogens is 200 g/mol. The summed E-state index contributed by atoms with van der Waals surface area (Å²) in [4.78, 5) is 0. The van der Waals surface area contributed by atoms with Crippen molar-refractivity contribution in [1.29, 1.82) is 0 Å². The SMILES string of the molecule is CCc1ccc(Cl)cc1OCCOC. The van der Waals surface area contributed by atoms with Crippen LogP contribution >= 0.6 is 11.6 Å². The Labute approximate surface area is 89.8 Å². The molecule has 1 aromatic carbocycles. The minimum absolute atomic E-state index is 0.559. The third-order valence-corrected chi connectivity index (χ3v) is 2.19. The van der Waals surface area contributed by atoms with E-state index in [9.17, 15) is 0 Å². The van der Waals surface area contributed by atoms with Gasteiger partial charge in [-0.2, -0.15) is 0 Å². The molecule has 0 aliphatic heterocycles. The lowest BCUT2D eigenvalue weighted by molar-refractivity contribution is 0.146. The third-order valence-electron chi connectivity index (χ3n) is 1.96.